The summed E-state index contributed by atoms with van der Waals surface area (Å²) in [5.41, 5.74) is 0. The van der Waals surface area contributed by atoms with Crippen molar-refractivity contribution in [3.63, 3.8) is 0 Å². The number of piperidine rings is 1. The van der Waals surface area contributed by atoms with E-state index in [-0.39, 0.29) is 0 Å². The fourth-order valence-electron chi connectivity index (χ4n) is 3.44. The van der Waals surface area contributed by atoms with Crippen molar-refractivity contribution < 1.29 is 4.74 Å². The molecule has 5 heteroatoms. The first-order chi connectivity index (χ1) is 10.6. The minimum Gasteiger partial charge on any atom is -0.379 e. The van der Waals surface area contributed by atoms with Crippen LogP contribution in [0.5, 0.6) is 0 Å². The van der Waals surface area contributed by atoms with Crippen molar-refractivity contribution in [2.45, 2.75) is 39.7 Å². The third-order valence-corrected chi connectivity index (χ3v) is 5.05. The number of nitrogens with one attached hydrogen (secondary N) is 1. The highest BCUT2D eigenvalue weighted by Crippen LogP contribution is 2.16. The van der Waals surface area contributed by atoms with Crippen molar-refractivity contribution in [3.05, 3.63) is 0 Å². The van der Waals surface area contributed by atoms with Crippen LogP contribution in [0.15, 0.2) is 4.99 Å². The van der Waals surface area contributed by atoms with Crippen molar-refractivity contribution in [1.82, 2.24) is 15.1 Å². The second-order valence-electron chi connectivity index (χ2n) is 7.06. The number of guanidine groups is 1. The molecule has 5 nitrogen and oxygen atoms in total. The van der Waals surface area contributed by atoms with Gasteiger partial charge in [0.05, 0.1) is 13.2 Å². The van der Waals surface area contributed by atoms with Crippen LogP contribution in [-0.4, -0.2) is 74.8 Å². The van der Waals surface area contributed by atoms with E-state index in [1.807, 2.05) is 7.05 Å². The molecule has 22 heavy (non-hydrogen) atoms. The summed E-state index contributed by atoms with van der Waals surface area (Å²) in [6.07, 6.45) is 2.55. The molecule has 2 aliphatic rings. The van der Waals surface area contributed by atoms with Gasteiger partial charge in [0.2, 0.25) is 0 Å². The summed E-state index contributed by atoms with van der Waals surface area (Å²) in [6.45, 7) is 14.0. The van der Waals surface area contributed by atoms with Gasteiger partial charge in [-0.1, -0.05) is 20.8 Å². The van der Waals surface area contributed by atoms with Gasteiger partial charge in [-0.2, -0.15) is 0 Å². The van der Waals surface area contributed by atoms with Crippen molar-refractivity contribution in [3.8, 4) is 0 Å². The fourth-order valence-corrected chi connectivity index (χ4v) is 3.44. The summed E-state index contributed by atoms with van der Waals surface area (Å²) in [6, 6.07) is 0.546. The van der Waals surface area contributed by atoms with Crippen molar-refractivity contribution in [2.75, 3.05) is 53.0 Å². The molecule has 128 valence electrons. The monoisotopic (exact) mass is 310 g/mol. The number of ether oxygens (including phenoxy) is 1. The Kier molecular flexibility index (Phi) is 6.96. The van der Waals surface area contributed by atoms with Gasteiger partial charge < -0.3 is 15.0 Å². The molecule has 0 aromatic carbocycles. The molecule has 0 saturated carbocycles. The SMILES string of the molecule is CN=C(NCC(C(C)C)N1CCOCC1)N1CCC(C)CC1. The van der Waals surface area contributed by atoms with Crippen LogP contribution in [0, 0.1) is 11.8 Å². The molecule has 0 spiro atoms. The lowest BCUT2D eigenvalue weighted by Crippen LogP contribution is -2.53. The number of nitrogens with zero attached hydrogens (tertiary/aromatic N) is 3. The first-order valence-corrected chi connectivity index (χ1v) is 8.89. The van der Waals surface area contributed by atoms with Gasteiger partial charge >= 0.3 is 0 Å². The lowest BCUT2D eigenvalue weighted by atomic mass is 9.99. The molecule has 0 amide bonds. The number of hydrogen-bond donors (Lipinski definition) is 1. The molecule has 0 bridgehead atoms. The van der Waals surface area contributed by atoms with Crippen LogP contribution in [-0.2, 0) is 4.74 Å². The average Bonchev–Trinajstić information content (AvgIpc) is 2.53. The van der Waals surface area contributed by atoms with Crippen molar-refractivity contribution in [1.29, 1.82) is 0 Å². The first kappa shape index (κ1) is 17.5. The van der Waals surface area contributed by atoms with Crippen LogP contribution in [0.1, 0.15) is 33.6 Å². The number of morpholine rings is 1. The molecule has 2 aliphatic heterocycles. The summed E-state index contributed by atoms with van der Waals surface area (Å²) in [4.78, 5) is 9.48. The Labute approximate surface area is 136 Å². The minimum atomic E-state index is 0.546. The lowest BCUT2D eigenvalue weighted by Gasteiger charge is -2.38. The summed E-state index contributed by atoms with van der Waals surface area (Å²) in [7, 11) is 1.90. The summed E-state index contributed by atoms with van der Waals surface area (Å²) >= 11 is 0. The normalized spacial score (nSPS) is 23.9. The Morgan fingerprint density at radius 3 is 2.36 bits per heavy atom. The molecule has 2 saturated heterocycles. The van der Waals surface area contributed by atoms with E-state index < -0.39 is 0 Å². The van der Waals surface area contributed by atoms with Crippen LogP contribution in [0.25, 0.3) is 0 Å². The Bertz CT molecular complexity index is 345. The Morgan fingerprint density at radius 1 is 1.18 bits per heavy atom. The molecule has 2 heterocycles. The van der Waals surface area contributed by atoms with Crippen LogP contribution >= 0.6 is 0 Å². The van der Waals surface area contributed by atoms with Crippen LogP contribution in [0.2, 0.25) is 0 Å². The third kappa shape index (κ3) is 4.85. The van der Waals surface area contributed by atoms with Crippen molar-refractivity contribution in [2.24, 2.45) is 16.8 Å². The van der Waals surface area contributed by atoms with Gasteiger partial charge in [0.25, 0.3) is 0 Å². The van der Waals surface area contributed by atoms with E-state index in [1.54, 1.807) is 0 Å². The Morgan fingerprint density at radius 2 is 1.82 bits per heavy atom. The minimum absolute atomic E-state index is 0.546. The second-order valence-corrected chi connectivity index (χ2v) is 7.06. The number of rotatable bonds is 4. The standard InChI is InChI=1S/C17H34N4O/c1-14(2)16(20-9-11-22-12-10-20)13-19-17(18-4)21-7-5-15(3)6-8-21/h14-16H,5-13H2,1-4H3,(H,18,19). The zero-order valence-corrected chi connectivity index (χ0v) is 14.8. The van der Waals surface area contributed by atoms with Gasteiger partial charge in [0.15, 0.2) is 5.96 Å². The Balaban J connectivity index is 1.86. The predicted molar refractivity (Wildman–Crippen MR) is 92.4 cm³/mol. The first-order valence-electron chi connectivity index (χ1n) is 8.89. The van der Waals surface area contributed by atoms with E-state index in [4.69, 9.17) is 4.74 Å². The van der Waals surface area contributed by atoms with Crippen LogP contribution in [0.3, 0.4) is 0 Å². The summed E-state index contributed by atoms with van der Waals surface area (Å²) < 4.78 is 5.49. The largest absolute Gasteiger partial charge is 0.379 e. The average molecular weight is 310 g/mol. The number of likely N-dealkylation sites (tertiary alicyclic amines) is 1. The van der Waals surface area contributed by atoms with Crippen LogP contribution < -0.4 is 5.32 Å². The van der Waals surface area contributed by atoms with Crippen molar-refractivity contribution >= 4 is 5.96 Å². The Hall–Kier alpha value is -0.810. The third-order valence-electron chi connectivity index (χ3n) is 5.05. The number of aliphatic imine (C=N–C) groups is 1. The van der Waals surface area contributed by atoms with E-state index in [0.717, 1.165) is 57.8 Å². The van der Waals surface area contributed by atoms with Gasteiger partial charge in [-0.15, -0.1) is 0 Å². The molecule has 2 fully saturated rings. The lowest BCUT2D eigenvalue weighted by molar-refractivity contribution is 0.00737. The van der Waals surface area contributed by atoms with E-state index in [2.05, 4.69) is 40.9 Å². The molecule has 1 atom stereocenters. The molecule has 2 rings (SSSR count). The molecular weight excluding hydrogens is 276 g/mol. The smallest absolute Gasteiger partial charge is 0.193 e. The van der Waals surface area contributed by atoms with Crippen LogP contribution in [0.4, 0.5) is 0 Å². The zero-order valence-electron chi connectivity index (χ0n) is 14.8. The van der Waals surface area contributed by atoms with Gasteiger partial charge in [-0.3, -0.25) is 9.89 Å². The van der Waals surface area contributed by atoms with E-state index in [9.17, 15) is 0 Å². The topological polar surface area (TPSA) is 40.1 Å². The van der Waals surface area contributed by atoms with Gasteiger partial charge in [0, 0.05) is 45.8 Å². The molecule has 1 unspecified atom stereocenters. The maximum absolute atomic E-state index is 5.49. The second kappa shape index (κ2) is 8.73. The molecule has 0 aliphatic carbocycles. The summed E-state index contributed by atoms with van der Waals surface area (Å²) in [5, 5.41) is 3.63. The highest BCUT2D eigenvalue weighted by Gasteiger charge is 2.25. The molecule has 1 N–H and O–H groups in total. The highest BCUT2D eigenvalue weighted by atomic mass is 16.5. The quantitative estimate of drug-likeness (QED) is 0.633. The fraction of sp³-hybridized carbons (Fsp3) is 0.941. The highest BCUT2D eigenvalue weighted by molar-refractivity contribution is 5.80. The number of hydrogen-bond acceptors (Lipinski definition) is 3. The maximum Gasteiger partial charge on any atom is 0.193 e. The maximum atomic E-state index is 5.49. The van der Waals surface area contributed by atoms with E-state index in [1.165, 1.54) is 12.8 Å². The zero-order chi connectivity index (χ0) is 15.9. The molecular formula is C17H34N4O. The van der Waals surface area contributed by atoms with E-state index >= 15 is 0 Å². The molecule has 0 aromatic rings. The van der Waals surface area contributed by atoms with Gasteiger partial charge in [-0.25, -0.2) is 0 Å². The van der Waals surface area contributed by atoms with Gasteiger partial charge in [-0.05, 0) is 24.7 Å². The van der Waals surface area contributed by atoms with E-state index in [0.29, 0.717) is 12.0 Å². The molecule has 0 radical (unpaired) electrons. The predicted octanol–water partition coefficient (Wildman–Crippen LogP) is 1.65. The molecule has 0 aromatic heterocycles. The van der Waals surface area contributed by atoms with Gasteiger partial charge in [0.1, 0.15) is 0 Å². The summed E-state index contributed by atoms with van der Waals surface area (Å²) in [5.74, 6) is 2.56.